The van der Waals surface area contributed by atoms with Gasteiger partial charge in [0, 0.05) is 13.6 Å². The second-order valence-corrected chi connectivity index (χ2v) is 3.40. The fourth-order valence-electron chi connectivity index (χ4n) is 1.07. The molecule has 72 valence electrons. The van der Waals surface area contributed by atoms with E-state index in [4.69, 9.17) is 16.4 Å². The number of nitrogens with zero attached hydrogens (tertiary/aromatic N) is 1. The summed E-state index contributed by atoms with van der Waals surface area (Å²) in [5.74, 6) is 0. The molecule has 0 N–H and O–H groups in total. The highest BCUT2D eigenvalue weighted by atomic mass is 35.5. The summed E-state index contributed by atoms with van der Waals surface area (Å²) in [6.07, 6.45) is 0. The van der Waals surface area contributed by atoms with Crippen LogP contribution in [0.4, 0.5) is 0 Å². The predicted octanol–water partition coefficient (Wildman–Crippen LogP) is 2.46. The van der Waals surface area contributed by atoms with Crippen LogP contribution in [0.1, 0.15) is 10.9 Å². The third kappa shape index (κ3) is 3.35. The Kier molecular flexibility index (Phi) is 4.22. The first kappa shape index (κ1) is 10.5. The number of likely N-dealkylation sites (N-methyl/N-ethyl adjacent to an activating group) is 1. The smallest absolute Gasteiger partial charge is 0.0735 e. The molecular weight excluding hydrogens is 186 g/mol. The fraction of sp³-hybridized carbons (Fsp3) is 0.400. The summed E-state index contributed by atoms with van der Waals surface area (Å²) in [5.41, 5.74) is 1.12. The van der Waals surface area contributed by atoms with Crippen molar-refractivity contribution in [2.75, 3.05) is 20.7 Å². The molecule has 0 aromatic heterocycles. The van der Waals surface area contributed by atoms with Gasteiger partial charge in [0.15, 0.2) is 0 Å². The lowest BCUT2D eigenvalue weighted by molar-refractivity contribution is -0.108. The SMILES string of the molecule is CON(C)C[C@H](Cl)c1ccccc1. The standard InChI is InChI=1S/C10H14ClNO/c1-12(13-2)8-10(11)9-6-4-3-5-7-9/h3-7,10H,8H2,1-2H3/t10-/m0/s1. The first-order valence-electron chi connectivity index (χ1n) is 4.18. The molecule has 1 rings (SSSR count). The van der Waals surface area contributed by atoms with Gasteiger partial charge in [-0.15, -0.1) is 11.6 Å². The fourth-order valence-corrected chi connectivity index (χ4v) is 1.41. The van der Waals surface area contributed by atoms with E-state index >= 15 is 0 Å². The first-order chi connectivity index (χ1) is 6.24. The molecule has 1 aromatic carbocycles. The molecule has 0 amide bonds. The van der Waals surface area contributed by atoms with Gasteiger partial charge in [-0.1, -0.05) is 30.3 Å². The molecule has 0 saturated heterocycles. The van der Waals surface area contributed by atoms with Crippen LogP contribution in [0.2, 0.25) is 0 Å². The number of hydrogen-bond acceptors (Lipinski definition) is 2. The Morgan fingerprint density at radius 1 is 1.38 bits per heavy atom. The summed E-state index contributed by atoms with van der Waals surface area (Å²) in [6, 6.07) is 9.98. The normalized spacial score (nSPS) is 13.2. The lowest BCUT2D eigenvalue weighted by Crippen LogP contribution is -2.21. The average molecular weight is 200 g/mol. The minimum Gasteiger partial charge on any atom is -0.303 e. The summed E-state index contributed by atoms with van der Waals surface area (Å²) >= 11 is 6.16. The van der Waals surface area contributed by atoms with Crippen molar-refractivity contribution in [2.45, 2.75) is 5.38 Å². The molecule has 0 unspecified atom stereocenters. The van der Waals surface area contributed by atoms with E-state index in [-0.39, 0.29) is 5.38 Å². The quantitative estimate of drug-likeness (QED) is 0.546. The third-order valence-corrected chi connectivity index (χ3v) is 2.28. The van der Waals surface area contributed by atoms with Gasteiger partial charge in [0.05, 0.1) is 12.5 Å². The molecule has 13 heavy (non-hydrogen) atoms. The van der Waals surface area contributed by atoms with Gasteiger partial charge < -0.3 is 4.84 Å². The molecule has 0 bridgehead atoms. The van der Waals surface area contributed by atoms with E-state index in [9.17, 15) is 0 Å². The van der Waals surface area contributed by atoms with E-state index in [1.165, 1.54) is 0 Å². The average Bonchev–Trinajstić information content (AvgIpc) is 2.19. The first-order valence-corrected chi connectivity index (χ1v) is 4.62. The Morgan fingerprint density at radius 3 is 2.54 bits per heavy atom. The van der Waals surface area contributed by atoms with Gasteiger partial charge in [-0.2, -0.15) is 5.06 Å². The Bertz CT molecular complexity index is 240. The molecule has 0 fully saturated rings. The van der Waals surface area contributed by atoms with E-state index in [0.717, 1.165) is 5.56 Å². The van der Waals surface area contributed by atoms with Crippen molar-refractivity contribution in [3.05, 3.63) is 35.9 Å². The van der Waals surface area contributed by atoms with Crippen LogP contribution < -0.4 is 0 Å². The van der Waals surface area contributed by atoms with Gasteiger partial charge in [0.1, 0.15) is 0 Å². The zero-order valence-corrected chi connectivity index (χ0v) is 8.66. The molecule has 0 aliphatic rings. The molecule has 3 heteroatoms. The second-order valence-electron chi connectivity index (χ2n) is 2.87. The van der Waals surface area contributed by atoms with E-state index in [1.807, 2.05) is 37.4 Å². The van der Waals surface area contributed by atoms with Crippen molar-refractivity contribution < 1.29 is 4.84 Å². The van der Waals surface area contributed by atoms with E-state index in [0.29, 0.717) is 6.54 Å². The minimum absolute atomic E-state index is 0.0221. The monoisotopic (exact) mass is 199 g/mol. The van der Waals surface area contributed by atoms with Crippen molar-refractivity contribution in [2.24, 2.45) is 0 Å². The Labute approximate surface area is 84.0 Å². The molecule has 0 radical (unpaired) electrons. The lowest BCUT2D eigenvalue weighted by atomic mass is 10.1. The summed E-state index contributed by atoms with van der Waals surface area (Å²) < 4.78 is 0. The van der Waals surface area contributed by atoms with Gasteiger partial charge >= 0.3 is 0 Å². The molecule has 0 saturated carbocycles. The third-order valence-electron chi connectivity index (χ3n) is 1.89. The van der Waals surface area contributed by atoms with E-state index in [2.05, 4.69) is 0 Å². The molecule has 0 aliphatic heterocycles. The summed E-state index contributed by atoms with van der Waals surface area (Å²) in [4.78, 5) is 4.99. The van der Waals surface area contributed by atoms with Gasteiger partial charge in [0.2, 0.25) is 0 Å². The molecule has 0 aliphatic carbocycles. The Hall–Kier alpha value is -0.570. The van der Waals surface area contributed by atoms with E-state index < -0.39 is 0 Å². The van der Waals surface area contributed by atoms with Crippen molar-refractivity contribution in [1.29, 1.82) is 0 Å². The summed E-state index contributed by atoms with van der Waals surface area (Å²) in [7, 11) is 3.49. The maximum absolute atomic E-state index is 6.16. The van der Waals surface area contributed by atoms with Crippen LogP contribution in [0.15, 0.2) is 30.3 Å². The zero-order valence-electron chi connectivity index (χ0n) is 7.90. The second kappa shape index (κ2) is 5.22. The van der Waals surface area contributed by atoms with Crippen LogP contribution in [0.5, 0.6) is 0 Å². The summed E-state index contributed by atoms with van der Waals surface area (Å²) in [5, 5.41) is 1.69. The van der Waals surface area contributed by atoms with Crippen molar-refractivity contribution in [3.63, 3.8) is 0 Å². The maximum Gasteiger partial charge on any atom is 0.0735 e. The van der Waals surface area contributed by atoms with Crippen LogP contribution in [0.25, 0.3) is 0 Å². The van der Waals surface area contributed by atoms with Gasteiger partial charge in [-0.25, -0.2) is 0 Å². The van der Waals surface area contributed by atoms with Crippen molar-refractivity contribution >= 4 is 11.6 Å². The number of hydroxylamine groups is 2. The number of benzene rings is 1. The van der Waals surface area contributed by atoms with Crippen molar-refractivity contribution in [3.8, 4) is 0 Å². The molecule has 1 atom stereocenters. The zero-order chi connectivity index (χ0) is 9.68. The molecular formula is C10H14ClNO. The molecule has 0 heterocycles. The largest absolute Gasteiger partial charge is 0.303 e. The van der Waals surface area contributed by atoms with Crippen LogP contribution >= 0.6 is 11.6 Å². The molecule has 1 aromatic rings. The van der Waals surface area contributed by atoms with E-state index in [1.54, 1.807) is 12.2 Å². The number of hydrogen-bond donors (Lipinski definition) is 0. The number of halogens is 1. The Morgan fingerprint density at radius 2 is 2.00 bits per heavy atom. The van der Waals surface area contributed by atoms with Crippen LogP contribution in [0.3, 0.4) is 0 Å². The van der Waals surface area contributed by atoms with Gasteiger partial charge in [0.25, 0.3) is 0 Å². The van der Waals surface area contributed by atoms with Crippen molar-refractivity contribution in [1.82, 2.24) is 5.06 Å². The highest BCUT2D eigenvalue weighted by molar-refractivity contribution is 6.20. The number of rotatable bonds is 4. The summed E-state index contributed by atoms with van der Waals surface area (Å²) in [6.45, 7) is 0.683. The van der Waals surface area contributed by atoms with Gasteiger partial charge in [-0.05, 0) is 5.56 Å². The highest BCUT2D eigenvalue weighted by Gasteiger charge is 2.09. The van der Waals surface area contributed by atoms with Crippen LogP contribution in [-0.4, -0.2) is 25.8 Å². The predicted molar refractivity (Wildman–Crippen MR) is 54.7 cm³/mol. The maximum atomic E-state index is 6.16. The van der Waals surface area contributed by atoms with Gasteiger partial charge in [-0.3, -0.25) is 0 Å². The van der Waals surface area contributed by atoms with Crippen LogP contribution in [0, 0.1) is 0 Å². The number of alkyl halides is 1. The topological polar surface area (TPSA) is 12.5 Å². The molecule has 2 nitrogen and oxygen atoms in total. The highest BCUT2D eigenvalue weighted by Crippen LogP contribution is 2.20. The molecule has 0 spiro atoms. The minimum atomic E-state index is -0.0221. The van der Waals surface area contributed by atoms with Crippen LogP contribution in [-0.2, 0) is 4.84 Å². The lowest BCUT2D eigenvalue weighted by Gasteiger charge is -2.17. The Balaban J connectivity index is 2.53.